The van der Waals surface area contributed by atoms with E-state index in [1.807, 2.05) is 24.3 Å². The second kappa shape index (κ2) is 3.64. The molecular formula is C12H8N2S2. The summed E-state index contributed by atoms with van der Waals surface area (Å²) < 4.78 is 0. The van der Waals surface area contributed by atoms with Gasteiger partial charge in [0.1, 0.15) is 0 Å². The van der Waals surface area contributed by atoms with E-state index in [9.17, 15) is 0 Å². The van der Waals surface area contributed by atoms with Crippen LogP contribution in [0.3, 0.4) is 0 Å². The summed E-state index contributed by atoms with van der Waals surface area (Å²) in [6, 6.07) is 7.76. The second-order valence-corrected chi connectivity index (χ2v) is 4.39. The van der Waals surface area contributed by atoms with E-state index in [1.165, 1.54) is 0 Å². The topological polar surface area (TPSA) is 25.8 Å². The van der Waals surface area contributed by atoms with E-state index in [0.717, 1.165) is 31.6 Å². The maximum atomic E-state index is 4.50. The van der Waals surface area contributed by atoms with Crippen molar-refractivity contribution in [1.29, 1.82) is 0 Å². The molecule has 1 aromatic carbocycles. The standard InChI is InChI=1S/C12H8N2S2/c15-11-7-3-1-5-13-9(7)10-8(12(11)16)4-2-6-14-10/h1-6,15-16H. The predicted octanol–water partition coefficient (Wildman–Crippen LogP) is 3.36. The van der Waals surface area contributed by atoms with E-state index in [4.69, 9.17) is 0 Å². The zero-order chi connectivity index (χ0) is 11.1. The van der Waals surface area contributed by atoms with E-state index < -0.39 is 0 Å². The van der Waals surface area contributed by atoms with Gasteiger partial charge in [0.15, 0.2) is 0 Å². The fourth-order valence-electron chi connectivity index (χ4n) is 1.83. The molecule has 0 aliphatic carbocycles. The number of aromatic nitrogens is 2. The number of benzene rings is 1. The lowest BCUT2D eigenvalue weighted by atomic mass is 10.1. The van der Waals surface area contributed by atoms with E-state index >= 15 is 0 Å². The molecule has 4 heteroatoms. The van der Waals surface area contributed by atoms with Crippen LogP contribution in [-0.4, -0.2) is 9.97 Å². The van der Waals surface area contributed by atoms with Crippen LogP contribution < -0.4 is 0 Å². The minimum Gasteiger partial charge on any atom is -0.254 e. The van der Waals surface area contributed by atoms with Gasteiger partial charge in [0.05, 0.1) is 11.0 Å². The Morgan fingerprint density at radius 3 is 1.62 bits per heavy atom. The van der Waals surface area contributed by atoms with Crippen LogP contribution in [0.15, 0.2) is 46.5 Å². The molecule has 0 unspecified atom stereocenters. The molecule has 0 radical (unpaired) electrons. The number of hydrogen-bond acceptors (Lipinski definition) is 4. The number of pyridine rings is 2. The minimum atomic E-state index is 0.854. The molecule has 0 aliphatic heterocycles. The Bertz CT molecular complexity index is 634. The molecule has 2 heterocycles. The molecule has 3 rings (SSSR count). The highest BCUT2D eigenvalue weighted by Gasteiger charge is 2.10. The second-order valence-electron chi connectivity index (χ2n) is 3.50. The Balaban J connectivity index is 2.69. The fourth-order valence-corrected chi connectivity index (χ4v) is 2.43. The Labute approximate surface area is 104 Å². The highest BCUT2D eigenvalue weighted by Crippen LogP contribution is 2.34. The van der Waals surface area contributed by atoms with Gasteiger partial charge in [-0.1, -0.05) is 12.1 Å². The van der Waals surface area contributed by atoms with Crippen molar-refractivity contribution in [3.63, 3.8) is 0 Å². The normalized spacial score (nSPS) is 11.1. The van der Waals surface area contributed by atoms with Crippen molar-refractivity contribution in [2.24, 2.45) is 0 Å². The van der Waals surface area contributed by atoms with Crippen molar-refractivity contribution in [1.82, 2.24) is 9.97 Å². The lowest BCUT2D eigenvalue weighted by Gasteiger charge is -2.08. The van der Waals surface area contributed by atoms with Gasteiger partial charge in [-0.2, -0.15) is 0 Å². The molecule has 2 aromatic heterocycles. The molecule has 0 spiro atoms. The Kier molecular flexibility index (Phi) is 2.26. The summed E-state index contributed by atoms with van der Waals surface area (Å²) >= 11 is 8.99. The summed E-state index contributed by atoms with van der Waals surface area (Å²) in [6.07, 6.45) is 3.53. The lowest BCUT2D eigenvalue weighted by molar-refractivity contribution is 1.30. The highest BCUT2D eigenvalue weighted by molar-refractivity contribution is 7.84. The van der Waals surface area contributed by atoms with Crippen LogP contribution in [0.1, 0.15) is 0 Å². The zero-order valence-electron chi connectivity index (χ0n) is 8.25. The molecule has 0 N–H and O–H groups in total. The van der Waals surface area contributed by atoms with Crippen molar-refractivity contribution in [2.75, 3.05) is 0 Å². The summed E-state index contributed by atoms with van der Waals surface area (Å²) in [5, 5.41) is 1.98. The number of rotatable bonds is 0. The van der Waals surface area contributed by atoms with Crippen LogP contribution in [0.25, 0.3) is 21.8 Å². The van der Waals surface area contributed by atoms with Crippen LogP contribution in [0.5, 0.6) is 0 Å². The van der Waals surface area contributed by atoms with Crippen LogP contribution in [-0.2, 0) is 0 Å². The third-order valence-electron chi connectivity index (χ3n) is 2.57. The Morgan fingerprint density at radius 1 is 0.750 bits per heavy atom. The molecule has 0 saturated heterocycles. The summed E-state index contributed by atoms with van der Waals surface area (Å²) in [7, 11) is 0. The zero-order valence-corrected chi connectivity index (χ0v) is 10.0. The van der Waals surface area contributed by atoms with E-state index in [0.29, 0.717) is 0 Å². The van der Waals surface area contributed by atoms with Gasteiger partial charge in [-0.05, 0) is 12.1 Å². The summed E-state index contributed by atoms with van der Waals surface area (Å²) in [6.45, 7) is 0. The molecule has 0 bridgehead atoms. The molecule has 3 aromatic rings. The molecule has 0 fully saturated rings. The first kappa shape index (κ1) is 9.93. The van der Waals surface area contributed by atoms with Gasteiger partial charge in [0, 0.05) is 33.0 Å². The van der Waals surface area contributed by atoms with E-state index in [2.05, 4.69) is 35.2 Å². The third-order valence-corrected chi connectivity index (χ3v) is 3.68. The first-order valence-electron chi connectivity index (χ1n) is 4.82. The van der Waals surface area contributed by atoms with Crippen molar-refractivity contribution in [3.05, 3.63) is 36.7 Å². The maximum absolute atomic E-state index is 4.50. The number of fused-ring (bicyclic) bond motifs is 3. The largest absolute Gasteiger partial charge is 0.254 e. The highest BCUT2D eigenvalue weighted by atomic mass is 32.1. The van der Waals surface area contributed by atoms with Crippen LogP contribution in [0, 0.1) is 0 Å². The third kappa shape index (κ3) is 1.30. The van der Waals surface area contributed by atoms with Gasteiger partial charge < -0.3 is 0 Å². The van der Waals surface area contributed by atoms with Gasteiger partial charge >= 0.3 is 0 Å². The van der Waals surface area contributed by atoms with E-state index in [-0.39, 0.29) is 0 Å². The van der Waals surface area contributed by atoms with Gasteiger partial charge in [-0.15, -0.1) is 25.3 Å². The SMILES string of the molecule is Sc1c(S)c2cccnc2c2ncccc12. The van der Waals surface area contributed by atoms with E-state index in [1.54, 1.807) is 12.4 Å². The molecular weight excluding hydrogens is 236 g/mol. The monoisotopic (exact) mass is 244 g/mol. The smallest absolute Gasteiger partial charge is 0.0976 e. The van der Waals surface area contributed by atoms with Crippen LogP contribution in [0.4, 0.5) is 0 Å². The predicted molar refractivity (Wildman–Crippen MR) is 71.5 cm³/mol. The van der Waals surface area contributed by atoms with Crippen molar-refractivity contribution in [3.8, 4) is 0 Å². The summed E-state index contributed by atoms with van der Waals surface area (Å²) in [5.41, 5.74) is 1.75. The van der Waals surface area contributed by atoms with Gasteiger partial charge in [-0.25, -0.2) is 0 Å². The molecule has 0 amide bonds. The molecule has 16 heavy (non-hydrogen) atoms. The lowest BCUT2D eigenvalue weighted by Crippen LogP contribution is -1.88. The molecule has 0 aliphatic rings. The molecule has 78 valence electrons. The van der Waals surface area contributed by atoms with Crippen molar-refractivity contribution in [2.45, 2.75) is 9.79 Å². The van der Waals surface area contributed by atoms with Gasteiger partial charge in [-0.3, -0.25) is 9.97 Å². The number of thiol groups is 2. The minimum absolute atomic E-state index is 0.854. The summed E-state index contributed by atoms with van der Waals surface area (Å²) in [5.74, 6) is 0. The summed E-state index contributed by atoms with van der Waals surface area (Å²) in [4.78, 5) is 10.4. The Morgan fingerprint density at radius 2 is 1.19 bits per heavy atom. The van der Waals surface area contributed by atoms with Gasteiger partial charge in [0.25, 0.3) is 0 Å². The average Bonchev–Trinajstić information content (AvgIpc) is 2.36. The van der Waals surface area contributed by atoms with Gasteiger partial charge in [0.2, 0.25) is 0 Å². The average molecular weight is 244 g/mol. The van der Waals surface area contributed by atoms with Crippen molar-refractivity contribution >= 4 is 47.1 Å². The maximum Gasteiger partial charge on any atom is 0.0976 e. The van der Waals surface area contributed by atoms with Crippen LogP contribution >= 0.6 is 25.3 Å². The fraction of sp³-hybridized carbons (Fsp3) is 0. The molecule has 0 atom stereocenters. The number of hydrogen-bond donors (Lipinski definition) is 2. The van der Waals surface area contributed by atoms with Crippen LogP contribution in [0.2, 0.25) is 0 Å². The first-order valence-corrected chi connectivity index (χ1v) is 5.72. The first-order chi connectivity index (χ1) is 7.79. The van der Waals surface area contributed by atoms with Crippen molar-refractivity contribution < 1.29 is 0 Å². The molecule has 2 nitrogen and oxygen atoms in total. The Hall–Kier alpha value is -1.26. The molecule has 0 saturated carbocycles. The quantitative estimate of drug-likeness (QED) is 0.468. The number of nitrogens with zero attached hydrogens (tertiary/aromatic N) is 2.